The SMILES string of the molecule is Cc1nnnn1-c1cccc(NC(=O)c2nnc(Cl)s2)c1. The van der Waals surface area contributed by atoms with Gasteiger partial charge in [-0.2, -0.15) is 4.68 Å². The second-order valence-corrected chi connectivity index (χ2v) is 5.56. The molecular formula is C11H8ClN7OS. The average Bonchev–Trinajstić information content (AvgIpc) is 3.08. The van der Waals surface area contributed by atoms with Crippen LogP contribution in [0.25, 0.3) is 5.69 Å². The van der Waals surface area contributed by atoms with E-state index in [-0.39, 0.29) is 15.4 Å². The number of tetrazole rings is 1. The van der Waals surface area contributed by atoms with Gasteiger partial charge in [0.1, 0.15) is 0 Å². The molecule has 0 aliphatic rings. The lowest BCUT2D eigenvalue weighted by Gasteiger charge is -2.06. The van der Waals surface area contributed by atoms with Crippen molar-refractivity contribution in [3.63, 3.8) is 0 Å². The van der Waals surface area contributed by atoms with Gasteiger partial charge in [0, 0.05) is 5.69 Å². The maximum Gasteiger partial charge on any atom is 0.286 e. The monoisotopic (exact) mass is 321 g/mol. The zero-order valence-electron chi connectivity index (χ0n) is 10.7. The predicted molar refractivity (Wildman–Crippen MR) is 76.8 cm³/mol. The minimum Gasteiger partial charge on any atom is -0.320 e. The number of hydrogen-bond acceptors (Lipinski definition) is 7. The lowest BCUT2D eigenvalue weighted by Crippen LogP contribution is -2.12. The number of aryl methyl sites for hydroxylation is 1. The molecule has 0 aliphatic carbocycles. The largest absolute Gasteiger partial charge is 0.320 e. The highest BCUT2D eigenvalue weighted by molar-refractivity contribution is 7.17. The van der Waals surface area contributed by atoms with Crippen LogP contribution in [0.4, 0.5) is 5.69 Å². The molecule has 0 spiro atoms. The highest BCUT2D eigenvalue weighted by Crippen LogP contribution is 2.18. The molecule has 8 nitrogen and oxygen atoms in total. The van der Waals surface area contributed by atoms with Crippen LogP contribution in [0.15, 0.2) is 24.3 Å². The number of amides is 1. The Morgan fingerprint density at radius 1 is 1.33 bits per heavy atom. The number of nitrogens with one attached hydrogen (secondary N) is 1. The van der Waals surface area contributed by atoms with E-state index in [1.807, 2.05) is 6.07 Å². The minimum absolute atomic E-state index is 0.198. The standard InChI is InChI=1S/C11H8ClN7OS/c1-6-14-17-18-19(6)8-4-2-3-7(5-8)13-9(20)10-15-16-11(12)21-10/h2-5H,1H3,(H,13,20). The molecule has 0 atom stereocenters. The summed E-state index contributed by atoms with van der Waals surface area (Å²) in [5.74, 6) is 0.277. The molecule has 0 saturated heterocycles. The van der Waals surface area contributed by atoms with Crippen molar-refractivity contribution in [2.24, 2.45) is 0 Å². The Balaban J connectivity index is 1.84. The summed E-state index contributed by atoms with van der Waals surface area (Å²) < 4.78 is 1.79. The van der Waals surface area contributed by atoms with Crippen LogP contribution in [-0.2, 0) is 0 Å². The van der Waals surface area contributed by atoms with Gasteiger partial charge in [-0.15, -0.1) is 15.3 Å². The number of nitrogens with zero attached hydrogens (tertiary/aromatic N) is 6. The van der Waals surface area contributed by atoms with Crippen LogP contribution in [0.1, 0.15) is 15.6 Å². The highest BCUT2D eigenvalue weighted by atomic mass is 35.5. The van der Waals surface area contributed by atoms with E-state index in [1.54, 1.807) is 29.8 Å². The molecule has 0 saturated carbocycles. The summed E-state index contributed by atoms with van der Waals surface area (Å²) in [4.78, 5) is 12.0. The van der Waals surface area contributed by atoms with E-state index in [4.69, 9.17) is 11.6 Å². The van der Waals surface area contributed by atoms with Gasteiger partial charge < -0.3 is 5.32 Å². The molecule has 0 unspecified atom stereocenters. The predicted octanol–water partition coefficient (Wildman–Crippen LogP) is 1.73. The topological polar surface area (TPSA) is 98.5 Å². The van der Waals surface area contributed by atoms with Crippen LogP contribution >= 0.6 is 22.9 Å². The maximum absolute atomic E-state index is 12.0. The molecule has 0 bridgehead atoms. The second kappa shape index (κ2) is 5.54. The molecule has 3 rings (SSSR count). The number of hydrogen-bond donors (Lipinski definition) is 1. The average molecular weight is 322 g/mol. The number of aromatic nitrogens is 6. The lowest BCUT2D eigenvalue weighted by molar-refractivity contribution is 0.102. The Bertz CT molecular complexity index is 799. The van der Waals surface area contributed by atoms with Gasteiger partial charge in [-0.05, 0) is 47.2 Å². The lowest BCUT2D eigenvalue weighted by atomic mass is 10.2. The summed E-state index contributed by atoms with van der Waals surface area (Å²) in [5.41, 5.74) is 1.34. The van der Waals surface area contributed by atoms with Crippen molar-refractivity contribution in [3.8, 4) is 5.69 Å². The summed E-state index contributed by atoms with van der Waals surface area (Å²) in [5, 5.41) is 21.5. The third-order valence-corrected chi connectivity index (χ3v) is 3.59. The zero-order chi connectivity index (χ0) is 14.8. The van der Waals surface area contributed by atoms with Gasteiger partial charge in [0.15, 0.2) is 5.82 Å². The first-order valence-corrected chi connectivity index (χ1v) is 6.99. The van der Waals surface area contributed by atoms with E-state index in [9.17, 15) is 4.79 Å². The highest BCUT2D eigenvalue weighted by Gasteiger charge is 2.13. The fourth-order valence-electron chi connectivity index (χ4n) is 1.67. The van der Waals surface area contributed by atoms with Crippen LogP contribution in [-0.4, -0.2) is 36.3 Å². The molecule has 21 heavy (non-hydrogen) atoms. The van der Waals surface area contributed by atoms with E-state index in [2.05, 4.69) is 31.0 Å². The maximum atomic E-state index is 12.0. The zero-order valence-corrected chi connectivity index (χ0v) is 12.3. The number of carbonyl (C=O) groups excluding carboxylic acids is 1. The molecule has 0 aliphatic heterocycles. The van der Waals surface area contributed by atoms with Crippen molar-refractivity contribution in [2.45, 2.75) is 6.92 Å². The van der Waals surface area contributed by atoms with Gasteiger partial charge in [-0.3, -0.25) is 4.79 Å². The summed E-state index contributed by atoms with van der Waals surface area (Å²) in [7, 11) is 0. The third-order valence-electron chi connectivity index (χ3n) is 2.57. The second-order valence-electron chi connectivity index (χ2n) is 4.00. The smallest absolute Gasteiger partial charge is 0.286 e. The molecule has 1 amide bonds. The molecule has 2 heterocycles. The van der Waals surface area contributed by atoms with Crippen LogP contribution in [0.5, 0.6) is 0 Å². The number of carbonyl (C=O) groups is 1. The van der Waals surface area contributed by atoms with Gasteiger partial charge in [0.25, 0.3) is 5.91 Å². The van der Waals surface area contributed by atoms with E-state index >= 15 is 0 Å². The Labute approximate surface area is 127 Å². The van der Waals surface area contributed by atoms with Crippen molar-refractivity contribution in [3.05, 3.63) is 39.6 Å². The molecule has 0 radical (unpaired) electrons. The molecule has 3 aromatic rings. The number of halogens is 1. The van der Waals surface area contributed by atoms with Gasteiger partial charge in [-0.25, -0.2) is 0 Å². The van der Waals surface area contributed by atoms with Crippen molar-refractivity contribution in [2.75, 3.05) is 5.32 Å². The number of rotatable bonds is 3. The molecular weight excluding hydrogens is 314 g/mol. The molecule has 106 valence electrons. The van der Waals surface area contributed by atoms with Crippen molar-refractivity contribution in [1.82, 2.24) is 30.4 Å². The molecule has 0 fully saturated rings. The minimum atomic E-state index is -0.370. The van der Waals surface area contributed by atoms with Crippen LogP contribution < -0.4 is 5.32 Å². The van der Waals surface area contributed by atoms with E-state index < -0.39 is 0 Å². The quantitative estimate of drug-likeness (QED) is 0.788. The van der Waals surface area contributed by atoms with Crippen molar-refractivity contribution < 1.29 is 4.79 Å². The first kappa shape index (κ1) is 13.6. The normalized spacial score (nSPS) is 10.6. The molecule has 1 aromatic carbocycles. The Kier molecular flexibility index (Phi) is 3.59. The first-order chi connectivity index (χ1) is 10.1. The Morgan fingerprint density at radius 2 is 2.19 bits per heavy atom. The fourth-order valence-corrected chi connectivity index (χ4v) is 2.39. The number of anilines is 1. The summed E-state index contributed by atoms with van der Waals surface area (Å²) in [6, 6.07) is 7.13. The van der Waals surface area contributed by atoms with Crippen LogP contribution in [0, 0.1) is 6.92 Å². The molecule has 2 aromatic heterocycles. The van der Waals surface area contributed by atoms with Crippen LogP contribution in [0.2, 0.25) is 4.47 Å². The summed E-state index contributed by atoms with van der Waals surface area (Å²) in [6.45, 7) is 1.79. The van der Waals surface area contributed by atoms with Crippen LogP contribution in [0.3, 0.4) is 0 Å². The summed E-state index contributed by atoms with van der Waals surface area (Å²) in [6.07, 6.45) is 0. The fraction of sp³-hybridized carbons (Fsp3) is 0.0909. The van der Waals surface area contributed by atoms with E-state index in [0.29, 0.717) is 11.5 Å². The first-order valence-electron chi connectivity index (χ1n) is 5.79. The molecule has 1 N–H and O–H groups in total. The number of benzene rings is 1. The van der Waals surface area contributed by atoms with E-state index in [1.165, 1.54) is 0 Å². The van der Waals surface area contributed by atoms with Gasteiger partial charge in [0.2, 0.25) is 9.47 Å². The van der Waals surface area contributed by atoms with Gasteiger partial charge >= 0.3 is 0 Å². The van der Waals surface area contributed by atoms with E-state index in [0.717, 1.165) is 17.0 Å². The van der Waals surface area contributed by atoms with Crippen molar-refractivity contribution in [1.29, 1.82) is 0 Å². The van der Waals surface area contributed by atoms with Crippen molar-refractivity contribution >= 4 is 34.5 Å². The third kappa shape index (κ3) is 2.88. The Hall–Kier alpha value is -2.39. The molecule has 10 heteroatoms. The van der Waals surface area contributed by atoms with Gasteiger partial charge in [0.05, 0.1) is 5.69 Å². The summed E-state index contributed by atoms with van der Waals surface area (Å²) >= 11 is 6.67. The Morgan fingerprint density at radius 3 is 2.86 bits per heavy atom. The van der Waals surface area contributed by atoms with Gasteiger partial charge in [-0.1, -0.05) is 17.4 Å².